The van der Waals surface area contributed by atoms with E-state index < -0.39 is 0 Å². The quantitative estimate of drug-likeness (QED) is 0.699. The van der Waals surface area contributed by atoms with Crippen LogP contribution in [0.4, 0.5) is 5.69 Å². The lowest BCUT2D eigenvalue weighted by Gasteiger charge is -2.17. The minimum Gasteiger partial charge on any atom is -0.397 e. The summed E-state index contributed by atoms with van der Waals surface area (Å²) in [6.45, 7) is 12.7. The molecule has 2 aromatic rings. The summed E-state index contributed by atoms with van der Waals surface area (Å²) in [6, 6.07) is 0. The fraction of sp³-hybridized carbons (Fsp3) is 0.400. The summed E-state index contributed by atoms with van der Waals surface area (Å²) in [6.07, 6.45) is 0. The third kappa shape index (κ3) is 1.51. The van der Waals surface area contributed by atoms with E-state index in [2.05, 4.69) is 39.6 Å². The zero-order chi connectivity index (χ0) is 12.9. The number of hydrogen-bond donors (Lipinski definition) is 1. The van der Waals surface area contributed by atoms with Gasteiger partial charge in [-0.2, -0.15) is 0 Å². The molecule has 0 fully saturated rings. The van der Waals surface area contributed by atoms with Crippen molar-refractivity contribution in [3.63, 3.8) is 0 Å². The summed E-state index contributed by atoms with van der Waals surface area (Å²) in [5.41, 5.74) is 15.4. The van der Waals surface area contributed by atoms with Gasteiger partial charge >= 0.3 is 0 Å². The van der Waals surface area contributed by atoms with Gasteiger partial charge in [0.15, 0.2) is 0 Å². The number of nitrogens with two attached hydrogens (primary N) is 1. The molecule has 17 heavy (non-hydrogen) atoms. The molecule has 1 aromatic heterocycles. The highest BCUT2D eigenvalue weighted by atomic mass is 14.7. The topological polar surface area (TPSA) is 38.9 Å². The number of nitrogen functional groups attached to an aromatic ring is 1. The van der Waals surface area contributed by atoms with E-state index >= 15 is 0 Å². The molecule has 2 heteroatoms. The van der Waals surface area contributed by atoms with Crippen molar-refractivity contribution in [2.45, 2.75) is 41.5 Å². The number of aromatic nitrogens is 1. The number of fused-ring (bicyclic) bond motifs is 1. The monoisotopic (exact) mass is 228 g/mol. The van der Waals surface area contributed by atoms with Crippen LogP contribution >= 0.6 is 0 Å². The van der Waals surface area contributed by atoms with Crippen molar-refractivity contribution >= 4 is 16.6 Å². The highest BCUT2D eigenvalue weighted by Crippen LogP contribution is 2.33. The maximum Gasteiger partial charge on any atom is 0.0942 e. The van der Waals surface area contributed by atoms with E-state index in [0.29, 0.717) is 0 Å². The first-order chi connectivity index (χ1) is 7.86. The molecule has 2 rings (SSSR count). The van der Waals surface area contributed by atoms with Crippen LogP contribution in [0, 0.1) is 41.5 Å². The molecule has 0 saturated carbocycles. The lowest BCUT2D eigenvalue weighted by atomic mass is 9.92. The van der Waals surface area contributed by atoms with Crippen molar-refractivity contribution in [3.8, 4) is 0 Å². The zero-order valence-corrected chi connectivity index (χ0v) is 11.5. The third-order valence-corrected chi connectivity index (χ3v) is 4.16. The first-order valence-corrected chi connectivity index (χ1v) is 5.99. The number of anilines is 1. The van der Waals surface area contributed by atoms with E-state index in [-0.39, 0.29) is 0 Å². The van der Waals surface area contributed by atoms with Gasteiger partial charge in [0.25, 0.3) is 0 Å². The standard InChI is InChI=1S/C15H20N2/c1-7-9(3)13-10(4)8(2)12(6)17-15(13)14(16)11(7)5/h16H2,1-6H3. The number of hydrogen-bond acceptors (Lipinski definition) is 2. The molecule has 0 aliphatic rings. The van der Waals surface area contributed by atoms with Gasteiger partial charge in [-0.1, -0.05) is 0 Å². The molecule has 0 spiro atoms. The number of aryl methyl sites for hydroxylation is 3. The molecule has 0 radical (unpaired) electrons. The Morgan fingerprint density at radius 1 is 0.706 bits per heavy atom. The Kier molecular flexibility index (Phi) is 2.61. The summed E-state index contributed by atoms with van der Waals surface area (Å²) < 4.78 is 0. The van der Waals surface area contributed by atoms with Crippen LogP contribution in [0.1, 0.15) is 33.5 Å². The minimum absolute atomic E-state index is 0.828. The second-order valence-corrected chi connectivity index (χ2v) is 4.96. The van der Waals surface area contributed by atoms with Gasteiger partial charge in [0, 0.05) is 11.1 Å². The largest absolute Gasteiger partial charge is 0.397 e. The van der Waals surface area contributed by atoms with Crippen LogP contribution in [0.3, 0.4) is 0 Å². The predicted molar refractivity (Wildman–Crippen MR) is 74.6 cm³/mol. The Morgan fingerprint density at radius 3 is 1.82 bits per heavy atom. The Balaban J connectivity index is 3.12. The second kappa shape index (κ2) is 3.73. The zero-order valence-electron chi connectivity index (χ0n) is 11.5. The van der Waals surface area contributed by atoms with Crippen LogP contribution in [0.2, 0.25) is 0 Å². The number of rotatable bonds is 0. The van der Waals surface area contributed by atoms with E-state index in [1.54, 1.807) is 0 Å². The Hall–Kier alpha value is -1.57. The van der Waals surface area contributed by atoms with Gasteiger partial charge in [0.2, 0.25) is 0 Å². The molecule has 0 saturated heterocycles. The first kappa shape index (κ1) is 11.9. The van der Waals surface area contributed by atoms with Crippen molar-refractivity contribution in [2.75, 3.05) is 5.73 Å². The predicted octanol–water partition coefficient (Wildman–Crippen LogP) is 3.67. The molecule has 2 nitrogen and oxygen atoms in total. The van der Waals surface area contributed by atoms with Crippen LogP contribution in [-0.2, 0) is 0 Å². The minimum atomic E-state index is 0.828. The van der Waals surface area contributed by atoms with E-state index in [1.807, 2.05) is 6.92 Å². The molecular weight excluding hydrogens is 208 g/mol. The highest BCUT2D eigenvalue weighted by Gasteiger charge is 2.14. The fourth-order valence-corrected chi connectivity index (χ4v) is 2.45. The SMILES string of the molecule is Cc1nc2c(N)c(C)c(C)c(C)c2c(C)c1C. The molecule has 0 bridgehead atoms. The summed E-state index contributed by atoms with van der Waals surface area (Å²) in [5.74, 6) is 0. The Labute approximate surface area is 103 Å². The smallest absolute Gasteiger partial charge is 0.0942 e. The van der Waals surface area contributed by atoms with E-state index in [0.717, 1.165) is 22.5 Å². The maximum atomic E-state index is 6.21. The summed E-state index contributed by atoms with van der Waals surface area (Å²) in [5, 5.41) is 1.23. The number of nitrogens with zero attached hydrogens (tertiary/aromatic N) is 1. The van der Waals surface area contributed by atoms with E-state index in [4.69, 9.17) is 5.73 Å². The lowest BCUT2D eigenvalue weighted by Crippen LogP contribution is -2.03. The van der Waals surface area contributed by atoms with Gasteiger partial charge in [-0.3, -0.25) is 4.98 Å². The van der Waals surface area contributed by atoms with Crippen molar-refractivity contribution in [2.24, 2.45) is 0 Å². The van der Waals surface area contributed by atoms with E-state index in [1.165, 1.54) is 27.6 Å². The highest BCUT2D eigenvalue weighted by molar-refractivity contribution is 5.97. The van der Waals surface area contributed by atoms with Crippen LogP contribution in [0.5, 0.6) is 0 Å². The average Bonchev–Trinajstić information content (AvgIpc) is 2.30. The molecule has 0 amide bonds. The van der Waals surface area contributed by atoms with Crippen LogP contribution in [-0.4, -0.2) is 4.98 Å². The van der Waals surface area contributed by atoms with Crippen molar-refractivity contribution < 1.29 is 0 Å². The molecule has 1 heterocycles. The summed E-state index contributed by atoms with van der Waals surface area (Å²) >= 11 is 0. The van der Waals surface area contributed by atoms with E-state index in [9.17, 15) is 0 Å². The molecular formula is C15H20N2. The molecule has 1 aromatic carbocycles. The van der Waals surface area contributed by atoms with Gasteiger partial charge in [-0.05, 0) is 69.4 Å². The lowest BCUT2D eigenvalue weighted by molar-refractivity contribution is 1.15. The van der Waals surface area contributed by atoms with Gasteiger partial charge in [-0.25, -0.2) is 0 Å². The number of pyridine rings is 1. The fourth-order valence-electron chi connectivity index (χ4n) is 2.45. The summed E-state index contributed by atoms with van der Waals surface area (Å²) in [4.78, 5) is 4.67. The summed E-state index contributed by atoms with van der Waals surface area (Å²) in [7, 11) is 0. The number of benzene rings is 1. The van der Waals surface area contributed by atoms with Crippen LogP contribution in [0.25, 0.3) is 10.9 Å². The molecule has 0 unspecified atom stereocenters. The molecule has 90 valence electrons. The average molecular weight is 228 g/mol. The Bertz CT molecular complexity index is 617. The first-order valence-electron chi connectivity index (χ1n) is 5.99. The maximum absolute atomic E-state index is 6.21. The molecule has 0 aliphatic carbocycles. The second-order valence-electron chi connectivity index (χ2n) is 4.96. The van der Waals surface area contributed by atoms with Crippen LogP contribution < -0.4 is 5.73 Å². The van der Waals surface area contributed by atoms with Gasteiger partial charge in [-0.15, -0.1) is 0 Å². The third-order valence-electron chi connectivity index (χ3n) is 4.16. The van der Waals surface area contributed by atoms with Crippen LogP contribution in [0.15, 0.2) is 0 Å². The van der Waals surface area contributed by atoms with Crippen molar-refractivity contribution in [1.82, 2.24) is 4.98 Å². The molecule has 0 aliphatic heterocycles. The molecule has 0 atom stereocenters. The van der Waals surface area contributed by atoms with Gasteiger partial charge in [0.05, 0.1) is 11.2 Å². The Morgan fingerprint density at radius 2 is 1.24 bits per heavy atom. The normalized spacial score (nSPS) is 11.2. The van der Waals surface area contributed by atoms with Crippen molar-refractivity contribution in [1.29, 1.82) is 0 Å². The molecule has 2 N–H and O–H groups in total. The van der Waals surface area contributed by atoms with Crippen molar-refractivity contribution in [3.05, 3.63) is 33.5 Å². The van der Waals surface area contributed by atoms with Gasteiger partial charge < -0.3 is 5.73 Å². The van der Waals surface area contributed by atoms with Gasteiger partial charge in [0.1, 0.15) is 0 Å².